The lowest BCUT2D eigenvalue weighted by Gasteiger charge is -2.31. The van der Waals surface area contributed by atoms with Crippen molar-refractivity contribution in [1.29, 1.82) is 0 Å². The van der Waals surface area contributed by atoms with Crippen molar-refractivity contribution in [1.82, 2.24) is 5.32 Å². The summed E-state index contributed by atoms with van der Waals surface area (Å²) in [5.41, 5.74) is -1.16. The lowest BCUT2D eigenvalue weighted by atomic mass is 9.82. The smallest absolute Gasteiger partial charge is 0.408 e. The molecule has 0 aliphatic heterocycles. The van der Waals surface area contributed by atoms with E-state index < -0.39 is 29.1 Å². The van der Waals surface area contributed by atoms with Gasteiger partial charge in [-0.25, -0.2) is 9.59 Å². The van der Waals surface area contributed by atoms with Gasteiger partial charge in [0.15, 0.2) is 0 Å². The predicted octanol–water partition coefficient (Wildman–Crippen LogP) is 2.40. The van der Waals surface area contributed by atoms with Crippen LogP contribution in [0.4, 0.5) is 4.79 Å². The normalized spacial score (nSPS) is 14.0. The first-order valence-corrected chi connectivity index (χ1v) is 5.72. The van der Waals surface area contributed by atoms with Gasteiger partial charge < -0.3 is 15.2 Å². The summed E-state index contributed by atoms with van der Waals surface area (Å²) in [5, 5.41) is 11.5. The number of carbonyl (C=O) groups excluding carboxylic acids is 1. The van der Waals surface area contributed by atoms with Crippen molar-refractivity contribution in [3.05, 3.63) is 0 Å². The Labute approximate surface area is 103 Å². The molecule has 5 nitrogen and oxygen atoms in total. The van der Waals surface area contributed by atoms with Crippen molar-refractivity contribution in [2.75, 3.05) is 0 Å². The van der Waals surface area contributed by atoms with Gasteiger partial charge in [0.05, 0.1) is 0 Å². The summed E-state index contributed by atoms with van der Waals surface area (Å²) in [6.45, 7) is 10.7. The Hall–Kier alpha value is -1.26. The maximum atomic E-state index is 11.5. The Kier molecular flexibility index (Phi) is 4.98. The molecule has 0 aliphatic carbocycles. The molecule has 17 heavy (non-hydrogen) atoms. The number of carboxylic acid groups (broad SMARTS) is 1. The molecule has 0 fully saturated rings. The number of hydrogen-bond donors (Lipinski definition) is 2. The Bertz CT molecular complexity index is 291. The first kappa shape index (κ1) is 15.7. The second kappa shape index (κ2) is 5.38. The highest BCUT2D eigenvalue weighted by Crippen LogP contribution is 2.25. The van der Waals surface area contributed by atoms with Gasteiger partial charge in [0.2, 0.25) is 0 Å². The molecule has 0 saturated heterocycles. The van der Waals surface area contributed by atoms with Crippen LogP contribution in [0, 0.1) is 5.41 Å². The van der Waals surface area contributed by atoms with Gasteiger partial charge in [-0.1, -0.05) is 20.8 Å². The third-order valence-electron chi connectivity index (χ3n) is 2.60. The van der Waals surface area contributed by atoms with Crippen LogP contribution in [0.2, 0.25) is 0 Å². The molecule has 0 heterocycles. The van der Waals surface area contributed by atoms with E-state index in [2.05, 4.69) is 5.32 Å². The molecule has 0 bridgehead atoms. The molecule has 0 unspecified atom stereocenters. The standard InChI is InChI=1S/C12H23NO4/c1-7-12(5,6)8(9(14)15)13-10(16)17-11(2,3)4/h8H,7H2,1-6H3,(H,13,16)(H,14,15)/t8-/m0/s1. The van der Waals surface area contributed by atoms with E-state index in [-0.39, 0.29) is 0 Å². The third-order valence-corrected chi connectivity index (χ3v) is 2.60. The SMILES string of the molecule is CCC(C)(C)[C@@H](NC(=O)OC(C)(C)C)C(=O)O. The molecule has 2 N–H and O–H groups in total. The van der Waals surface area contributed by atoms with Crippen molar-refractivity contribution in [2.45, 2.75) is 59.6 Å². The summed E-state index contributed by atoms with van der Waals surface area (Å²) < 4.78 is 5.04. The molecular weight excluding hydrogens is 222 g/mol. The zero-order valence-corrected chi connectivity index (χ0v) is 11.5. The summed E-state index contributed by atoms with van der Waals surface area (Å²) in [6.07, 6.45) is -0.0637. The van der Waals surface area contributed by atoms with Gasteiger partial charge in [0, 0.05) is 0 Å². The van der Waals surface area contributed by atoms with Crippen molar-refractivity contribution in [3.8, 4) is 0 Å². The largest absolute Gasteiger partial charge is 0.480 e. The van der Waals surface area contributed by atoms with Gasteiger partial charge in [0.1, 0.15) is 11.6 Å². The van der Waals surface area contributed by atoms with Gasteiger partial charge in [-0.2, -0.15) is 0 Å². The second-order valence-corrected chi connectivity index (χ2v) is 5.76. The number of alkyl carbamates (subject to hydrolysis) is 1. The Morgan fingerprint density at radius 2 is 1.71 bits per heavy atom. The molecule has 0 aromatic heterocycles. The topological polar surface area (TPSA) is 75.6 Å². The molecule has 0 spiro atoms. The number of rotatable bonds is 4. The molecule has 1 amide bonds. The molecule has 1 atom stereocenters. The summed E-state index contributed by atoms with van der Waals surface area (Å²) in [6, 6.07) is -0.956. The maximum Gasteiger partial charge on any atom is 0.408 e. The minimum absolute atomic E-state index is 0.525. The number of amides is 1. The lowest BCUT2D eigenvalue weighted by Crippen LogP contribution is -2.51. The fourth-order valence-corrected chi connectivity index (χ4v) is 1.22. The number of carboxylic acids is 1. The second-order valence-electron chi connectivity index (χ2n) is 5.76. The lowest BCUT2D eigenvalue weighted by molar-refractivity contribution is -0.142. The van der Waals surface area contributed by atoms with E-state index in [4.69, 9.17) is 9.84 Å². The monoisotopic (exact) mass is 245 g/mol. The summed E-state index contributed by atoms with van der Waals surface area (Å²) in [7, 11) is 0. The number of aliphatic carboxylic acids is 1. The van der Waals surface area contributed by atoms with Crippen LogP contribution in [0.5, 0.6) is 0 Å². The first-order chi connectivity index (χ1) is 7.49. The molecule has 0 aromatic rings. The molecular formula is C12H23NO4. The Balaban J connectivity index is 4.69. The molecule has 0 aromatic carbocycles. The van der Waals surface area contributed by atoms with Crippen molar-refractivity contribution in [2.24, 2.45) is 5.41 Å². The summed E-state index contributed by atoms with van der Waals surface area (Å²) in [4.78, 5) is 22.7. The average Bonchev–Trinajstić information content (AvgIpc) is 2.10. The number of carbonyl (C=O) groups is 2. The third kappa shape index (κ3) is 5.56. The highest BCUT2D eigenvalue weighted by atomic mass is 16.6. The Morgan fingerprint density at radius 1 is 1.24 bits per heavy atom. The van der Waals surface area contributed by atoms with Crippen LogP contribution >= 0.6 is 0 Å². The van der Waals surface area contributed by atoms with Gasteiger partial charge in [0.25, 0.3) is 0 Å². The van der Waals surface area contributed by atoms with Gasteiger partial charge in [-0.05, 0) is 32.6 Å². The van der Waals surface area contributed by atoms with Crippen LogP contribution in [-0.4, -0.2) is 28.8 Å². The molecule has 100 valence electrons. The fraction of sp³-hybridized carbons (Fsp3) is 0.833. The number of hydrogen-bond acceptors (Lipinski definition) is 3. The fourth-order valence-electron chi connectivity index (χ4n) is 1.22. The minimum Gasteiger partial charge on any atom is -0.480 e. The highest BCUT2D eigenvalue weighted by molar-refractivity contribution is 5.80. The zero-order chi connectivity index (χ0) is 13.9. The van der Waals surface area contributed by atoms with Crippen LogP contribution < -0.4 is 5.32 Å². The molecule has 0 radical (unpaired) electrons. The van der Waals surface area contributed by atoms with Crippen molar-refractivity contribution in [3.63, 3.8) is 0 Å². The van der Waals surface area contributed by atoms with Gasteiger partial charge in [-0.15, -0.1) is 0 Å². The minimum atomic E-state index is -1.05. The molecule has 0 aliphatic rings. The van der Waals surface area contributed by atoms with E-state index in [1.54, 1.807) is 34.6 Å². The average molecular weight is 245 g/mol. The van der Waals surface area contributed by atoms with E-state index >= 15 is 0 Å². The number of ether oxygens (including phenoxy) is 1. The van der Waals surface area contributed by atoms with Crippen molar-refractivity contribution >= 4 is 12.1 Å². The summed E-state index contributed by atoms with van der Waals surface area (Å²) in [5.74, 6) is -1.05. The Morgan fingerprint density at radius 3 is 2.00 bits per heavy atom. The van der Waals surface area contributed by atoms with Crippen LogP contribution in [0.3, 0.4) is 0 Å². The number of nitrogens with one attached hydrogen (secondary N) is 1. The summed E-state index contributed by atoms with van der Waals surface area (Å²) >= 11 is 0. The van der Waals surface area contributed by atoms with E-state index in [0.717, 1.165) is 0 Å². The van der Waals surface area contributed by atoms with Gasteiger partial charge >= 0.3 is 12.1 Å². The van der Waals surface area contributed by atoms with Crippen LogP contribution in [0.15, 0.2) is 0 Å². The van der Waals surface area contributed by atoms with Crippen molar-refractivity contribution < 1.29 is 19.4 Å². The van der Waals surface area contributed by atoms with Gasteiger partial charge in [-0.3, -0.25) is 0 Å². The quantitative estimate of drug-likeness (QED) is 0.797. The van der Waals surface area contributed by atoms with E-state index in [0.29, 0.717) is 6.42 Å². The first-order valence-electron chi connectivity index (χ1n) is 5.72. The van der Waals surface area contributed by atoms with E-state index in [9.17, 15) is 9.59 Å². The van der Waals surface area contributed by atoms with Crippen LogP contribution in [0.25, 0.3) is 0 Å². The maximum absolute atomic E-state index is 11.5. The molecule has 5 heteroatoms. The zero-order valence-electron chi connectivity index (χ0n) is 11.5. The molecule has 0 saturated carbocycles. The molecule has 0 rings (SSSR count). The predicted molar refractivity (Wildman–Crippen MR) is 64.9 cm³/mol. The van der Waals surface area contributed by atoms with Crippen LogP contribution in [-0.2, 0) is 9.53 Å². The van der Waals surface area contributed by atoms with E-state index in [1.807, 2.05) is 6.92 Å². The van der Waals surface area contributed by atoms with E-state index in [1.165, 1.54) is 0 Å². The highest BCUT2D eigenvalue weighted by Gasteiger charge is 2.36. The van der Waals surface area contributed by atoms with Crippen LogP contribution in [0.1, 0.15) is 48.0 Å².